The summed E-state index contributed by atoms with van der Waals surface area (Å²) in [4.78, 5) is 4.61. The predicted molar refractivity (Wildman–Crippen MR) is 161 cm³/mol. The van der Waals surface area contributed by atoms with E-state index in [9.17, 15) is 0 Å². The van der Waals surface area contributed by atoms with Crippen molar-refractivity contribution in [3.05, 3.63) is 41.5 Å². The van der Waals surface area contributed by atoms with Crippen LogP contribution in [0.5, 0.6) is 0 Å². The highest BCUT2D eigenvalue weighted by Crippen LogP contribution is 2.77. The van der Waals surface area contributed by atoms with Gasteiger partial charge in [-0.25, -0.2) is 4.68 Å². The van der Waals surface area contributed by atoms with Crippen LogP contribution in [0.25, 0.3) is 0 Å². The number of aromatic nitrogens is 4. The maximum Gasteiger partial charge on any atom is 0.0870 e. The van der Waals surface area contributed by atoms with Gasteiger partial charge in [0.15, 0.2) is 0 Å². The number of fused-ring (bicyclic) bond motifs is 6. The number of hydrogen-bond acceptors (Lipinski definition) is 4. The first-order valence-electron chi connectivity index (χ1n) is 16.8. The molecule has 0 spiro atoms. The van der Waals surface area contributed by atoms with E-state index >= 15 is 0 Å². The fourth-order valence-corrected chi connectivity index (χ4v) is 13.2. The van der Waals surface area contributed by atoms with Gasteiger partial charge in [0.1, 0.15) is 0 Å². The SMILES string of the molecule is CC1(C)CC[C@]23CC[C@]4(C)[C@H](CC[C@@H]5[C@@]6(C)Cc7nnn(Cc8ccccn8)c7C(C)(C)[C@@H]6CC[C@]54C)[C@H]2[C@H]1OC3. The minimum absolute atomic E-state index is 0.0384. The molecule has 6 aliphatic rings. The molecule has 3 heterocycles. The summed E-state index contributed by atoms with van der Waals surface area (Å²) >= 11 is 0. The topological polar surface area (TPSA) is 52.8 Å². The van der Waals surface area contributed by atoms with Crippen LogP contribution in [0, 0.1) is 50.7 Å². The van der Waals surface area contributed by atoms with Crippen molar-refractivity contribution in [2.45, 2.75) is 124 Å². The second-order valence-corrected chi connectivity index (χ2v) is 17.5. The number of nitrogens with zero attached hydrogens (tertiary/aromatic N) is 4. The van der Waals surface area contributed by atoms with E-state index < -0.39 is 0 Å². The van der Waals surface area contributed by atoms with Crippen molar-refractivity contribution < 1.29 is 4.74 Å². The molecule has 222 valence electrons. The molecule has 5 nitrogen and oxygen atoms in total. The van der Waals surface area contributed by atoms with Gasteiger partial charge < -0.3 is 4.74 Å². The summed E-state index contributed by atoms with van der Waals surface area (Å²) in [6.07, 6.45) is 14.4. The molecule has 5 aliphatic carbocycles. The standard InChI is InChI=1S/C36H52N4O/c1-31(2)15-17-36-18-16-34(6)24(28(36)30(31)41-22-36)11-12-27-33(5)20-25-29(32(3,4)26(33)13-14-35(27,34)7)40(39-38-25)21-23-10-8-9-19-37-23/h8-10,19,24,26-28,30H,11-18,20-22H2,1-7H3/t24-,26+,27-,28+,30-,33+,34-,35-,36-/m1/s1. The van der Waals surface area contributed by atoms with Gasteiger partial charge in [-0.05, 0) is 121 Å². The van der Waals surface area contributed by atoms with E-state index in [0.29, 0.717) is 40.2 Å². The summed E-state index contributed by atoms with van der Waals surface area (Å²) in [5, 5.41) is 9.68. The predicted octanol–water partition coefficient (Wildman–Crippen LogP) is 7.63. The Labute approximate surface area is 247 Å². The fraction of sp³-hybridized carbons (Fsp3) is 0.806. The summed E-state index contributed by atoms with van der Waals surface area (Å²) in [5.41, 5.74) is 5.50. The van der Waals surface area contributed by atoms with Crippen LogP contribution in [0.4, 0.5) is 0 Å². The lowest BCUT2D eigenvalue weighted by molar-refractivity contribution is -0.233. The van der Waals surface area contributed by atoms with Crippen LogP contribution in [0.2, 0.25) is 0 Å². The highest BCUT2D eigenvalue weighted by molar-refractivity contribution is 5.32. The maximum atomic E-state index is 6.79. The van der Waals surface area contributed by atoms with Crippen LogP contribution < -0.4 is 0 Å². The minimum atomic E-state index is 0.0384. The van der Waals surface area contributed by atoms with Crippen molar-refractivity contribution in [1.82, 2.24) is 20.0 Å². The Morgan fingerprint density at radius 3 is 2.46 bits per heavy atom. The molecule has 0 N–H and O–H groups in total. The average Bonchev–Trinajstić information content (AvgIpc) is 3.47. The minimum Gasteiger partial charge on any atom is -0.377 e. The largest absolute Gasteiger partial charge is 0.377 e. The number of rotatable bonds is 2. The van der Waals surface area contributed by atoms with Crippen LogP contribution in [0.1, 0.15) is 117 Å². The van der Waals surface area contributed by atoms with Gasteiger partial charge in [-0.2, -0.15) is 0 Å². The highest BCUT2D eigenvalue weighted by Gasteiger charge is 2.72. The quantitative estimate of drug-likeness (QED) is 0.382. The normalized spacial score (nSPS) is 47.0. The zero-order chi connectivity index (χ0) is 28.6. The molecule has 41 heavy (non-hydrogen) atoms. The zero-order valence-corrected chi connectivity index (χ0v) is 26.7. The van der Waals surface area contributed by atoms with Crippen molar-refractivity contribution in [2.24, 2.45) is 50.7 Å². The van der Waals surface area contributed by atoms with Gasteiger partial charge in [0.2, 0.25) is 0 Å². The summed E-state index contributed by atoms with van der Waals surface area (Å²) in [7, 11) is 0. The molecule has 1 saturated heterocycles. The number of ether oxygens (including phenoxy) is 1. The van der Waals surface area contributed by atoms with Crippen molar-refractivity contribution in [1.29, 1.82) is 0 Å². The van der Waals surface area contributed by atoms with Crippen LogP contribution in [-0.2, 0) is 23.1 Å². The molecule has 0 radical (unpaired) electrons. The van der Waals surface area contributed by atoms with Gasteiger partial charge in [-0.3, -0.25) is 4.98 Å². The third-order valence-corrected chi connectivity index (χ3v) is 15.3. The Balaban J connectivity index is 1.16. The van der Waals surface area contributed by atoms with Gasteiger partial charge >= 0.3 is 0 Å². The third kappa shape index (κ3) is 3.26. The Bertz CT molecular complexity index is 1360. The van der Waals surface area contributed by atoms with Crippen molar-refractivity contribution in [3.63, 3.8) is 0 Å². The molecular formula is C36H52N4O. The average molecular weight is 557 g/mol. The van der Waals surface area contributed by atoms with E-state index in [1.165, 1.54) is 62.8 Å². The van der Waals surface area contributed by atoms with Crippen LogP contribution in [0.3, 0.4) is 0 Å². The van der Waals surface area contributed by atoms with Gasteiger partial charge in [-0.15, -0.1) is 5.10 Å². The summed E-state index contributed by atoms with van der Waals surface area (Å²) < 4.78 is 8.97. The monoisotopic (exact) mass is 556 g/mol. The Morgan fingerprint density at radius 1 is 0.878 bits per heavy atom. The zero-order valence-electron chi connectivity index (χ0n) is 26.7. The molecule has 0 unspecified atom stereocenters. The van der Waals surface area contributed by atoms with E-state index in [2.05, 4.69) is 70.3 Å². The lowest BCUT2D eigenvalue weighted by Crippen LogP contribution is -2.67. The highest BCUT2D eigenvalue weighted by atomic mass is 16.5. The number of hydrogen-bond donors (Lipinski definition) is 0. The Hall–Kier alpha value is -1.75. The van der Waals surface area contributed by atoms with E-state index in [0.717, 1.165) is 36.5 Å². The lowest BCUT2D eigenvalue weighted by Gasteiger charge is -2.72. The molecule has 4 saturated carbocycles. The van der Waals surface area contributed by atoms with Crippen LogP contribution >= 0.6 is 0 Å². The first kappa shape index (κ1) is 26.8. The number of pyridine rings is 1. The maximum absolute atomic E-state index is 6.79. The van der Waals surface area contributed by atoms with Crippen LogP contribution in [0.15, 0.2) is 24.4 Å². The molecule has 8 rings (SSSR count). The molecule has 0 amide bonds. The lowest BCUT2D eigenvalue weighted by atomic mass is 9.31. The molecule has 2 aromatic heterocycles. The molecule has 9 atom stereocenters. The van der Waals surface area contributed by atoms with E-state index in [1.54, 1.807) is 0 Å². The smallest absolute Gasteiger partial charge is 0.0870 e. The van der Waals surface area contributed by atoms with E-state index in [4.69, 9.17) is 15.0 Å². The third-order valence-electron chi connectivity index (χ3n) is 15.3. The molecule has 2 aromatic rings. The second kappa shape index (κ2) is 8.24. The molecule has 0 aromatic carbocycles. The molecule has 2 bridgehead atoms. The van der Waals surface area contributed by atoms with Crippen LogP contribution in [-0.4, -0.2) is 32.7 Å². The summed E-state index contributed by atoms with van der Waals surface area (Å²) in [5.74, 6) is 2.93. The van der Waals surface area contributed by atoms with Gasteiger partial charge in [-0.1, -0.05) is 59.7 Å². The molecule has 5 fully saturated rings. The van der Waals surface area contributed by atoms with E-state index in [1.807, 2.05) is 12.3 Å². The molecule has 1 aliphatic heterocycles. The van der Waals surface area contributed by atoms with Crippen molar-refractivity contribution >= 4 is 0 Å². The van der Waals surface area contributed by atoms with E-state index in [-0.39, 0.29) is 10.8 Å². The summed E-state index contributed by atoms with van der Waals surface area (Å²) in [6.45, 7) is 19.9. The Kier molecular flexibility index (Phi) is 5.40. The molecular weight excluding hydrogens is 504 g/mol. The first-order valence-corrected chi connectivity index (χ1v) is 16.8. The van der Waals surface area contributed by atoms with Crippen molar-refractivity contribution in [3.8, 4) is 0 Å². The molecule has 5 heteroatoms. The Morgan fingerprint density at radius 2 is 1.68 bits per heavy atom. The summed E-state index contributed by atoms with van der Waals surface area (Å²) in [6, 6.07) is 6.17. The fourth-order valence-electron chi connectivity index (χ4n) is 13.2. The first-order chi connectivity index (χ1) is 19.4. The second-order valence-electron chi connectivity index (χ2n) is 17.5. The van der Waals surface area contributed by atoms with Crippen molar-refractivity contribution in [2.75, 3.05) is 6.61 Å². The van der Waals surface area contributed by atoms with Gasteiger partial charge in [0.25, 0.3) is 0 Å². The van der Waals surface area contributed by atoms with Gasteiger partial charge in [0.05, 0.1) is 36.3 Å². The van der Waals surface area contributed by atoms with Gasteiger partial charge in [0, 0.05) is 11.6 Å².